The Balaban J connectivity index is 1.94. The van der Waals surface area contributed by atoms with Crippen molar-refractivity contribution in [2.45, 2.75) is 51.2 Å². The summed E-state index contributed by atoms with van der Waals surface area (Å²) in [5.41, 5.74) is -0.00314. The molecule has 1 saturated carbocycles. The van der Waals surface area contributed by atoms with E-state index in [0.29, 0.717) is 12.3 Å². The third kappa shape index (κ3) is 2.85. The number of aliphatic hydroxyl groups is 2. The highest BCUT2D eigenvalue weighted by Gasteiger charge is 2.45. The number of rotatable bonds is 4. The Kier molecular flexibility index (Phi) is 4.27. The summed E-state index contributed by atoms with van der Waals surface area (Å²) in [5.74, 6) is 6.31. The van der Waals surface area contributed by atoms with Crippen LogP contribution in [0.4, 0.5) is 0 Å². The molecule has 4 atom stereocenters. The van der Waals surface area contributed by atoms with Crippen LogP contribution >= 0.6 is 0 Å². The summed E-state index contributed by atoms with van der Waals surface area (Å²) in [5, 5.41) is 19.7. The molecule has 0 saturated heterocycles. The van der Waals surface area contributed by atoms with Crippen molar-refractivity contribution in [2.75, 3.05) is 0 Å². The number of aliphatic hydroxyl groups excluding tert-OH is 2. The second kappa shape index (κ2) is 5.73. The number of allylic oxidation sites excluding steroid dienone is 3. The summed E-state index contributed by atoms with van der Waals surface area (Å²) in [6, 6.07) is 0. The standard InChI is InChI=1S/C16H22O2/c1-2-3-4-7-14(17)8-10-16-9-5-6-13(16)11-15(18)12-16/h5,8-10,13-15,17-18H,4,6-7,11-12H2,1H3/b10-8+/t13?,14-,15?,16?/m1/s1. The van der Waals surface area contributed by atoms with Crippen molar-refractivity contribution in [1.82, 2.24) is 0 Å². The molecule has 0 aliphatic heterocycles. The molecule has 0 aromatic rings. The lowest BCUT2D eigenvalue weighted by atomic mass is 9.80. The van der Waals surface area contributed by atoms with Crippen LogP contribution in [-0.2, 0) is 0 Å². The summed E-state index contributed by atoms with van der Waals surface area (Å²) < 4.78 is 0. The molecule has 0 bridgehead atoms. The average Bonchev–Trinajstić information content (AvgIpc) is 2.83. The van der Waals surface area contributed by atoms with Crippen molar-refractivity contribution >= 4 is 0 Å². The predicted octanol–water partition coefficient (Wildman–Crippen LogP) is 2.42. The molecule has 18 heavy (non-hydrogen) atoms. The minimum Gasteiger partial charge on any atom is -0.393 e. The zero-order valence-electron chi connectivity index (χ0n) is 11.0. The van der Waals surface area contributed by atoms with Gasteiger partial charge in [-0.1, -0.05) is 24.3 Å². The fraction of sp³-hybridized carbons (Fsp3) is 0.625. The zero-order chi connectivity index (χ0) is 13.0. The third-order valence-electron chi connectivity index (χ3n) is 4.13. The molecule has 2 aliphatic carbocycles. The molecule has 0 amide bonds. The molecule has 98 valence electrons. The van der Waals surface area contributed by atoms with Crippen LogP contribution in [0.15, 0.2) is 24.3 Å². The van der Waals surface area contributed by atoms with Gasteiger partial charge in [0.2, 0.25) is 0 Å². The summed E-state index contributed by atoms with van der Waals surface area (Å²) in [6.45, 7) is 1.81. The molecular formula is C16H22O2. The predicted molar refractivity (Wildman–Crippen MR) is 72.8 cm³/mol. The summed E-state index contributed by atoms with van der Waals surface area (Å²) in [6.07, 6.45) is 12.0. The molecule has 2 heteroatoms. The van der Waals surface area contributed by atoms with Gasteiger partial charge in [0.25, 0.3) is 0 Å². The van der Waals surface area contributed by atoms with E-state index in [1.807, 2.05) is 13.0 Å². The van der Waals surface area contributed by atoms with E-state index in [1.54, 1.807) is 0 Å². The van der Waals surface area contributed by atoms with Crippen molar-refractivity contribution in [3.05, 3.63) is 24.3 Å². The average molecular weight is 246 g/mol. The molecule has 2 aliphatic rings. The SMILES string of the molecule is CC#CCC[C@@H](O)/C=C/C12C=CCC1CC(O)C2. The lowest BCUT2D eigenvalue weighted by molar-refractivity contribution is 0.173. The van der Waals surface area contributed by atoms with E-state index in [0.717, 1.165) is 25.7 Å². The molecule has 0 heterocycles. The van der Waals surface area contributed by atoms with E-state index >= 15 is 0 Å². The van der Waals surface area contributed by atoms with Gasteiger partial charge in [0, 0.05) is 11.8 Å². The van der Waals surface area contributed by atoms with Crippen LogP contribution < -0.4 is 0 Å². The number of hydrogen-bond acceptors (Lipinski definition) is 2. The van der Waals surface area contributed by atoms with Gasteiger partial charge in [-0.2, -0.15) is 0 Å². The highest BCUT2D eigenvalue weighted by molar-refractivity contribution is 5.24. The Bertz CT molecular complexity index is 399. The smallest absolute Gasteiger partial charge is 0.0730 e. The molecule has 0 aromatic carbocycles. The van der Waals surface area contributed by atoms with Crippen LogP contribution in [0.2, 0.25) is 0 Å². The molecule has 0 spiro atoms. The topological polar surface area (TPSA) is 40.5 Å². The van der Waals surface area contributed by atoms with Crippen molar-refractivity contribution in [3.8, 4) is 11.8 Å². The third-order valence-corrected chi connectivity index (χ3v) is 4.13. The molecular weight excluding hydrogens is 224 g/mol. The first-order valence-electron chi connectivity index (χ1n) is 6.79. The largest absolute Gasteiger partial charge is 0.393 e. The van der Waals surface area contributed by atoms with Crippen molar-refractivity contribution in [2.24, 2.45) is 11.3 Å². The van der Waals surface area contributed by atoms with Crippen LogP contribution in [0, 0.1) is 23.2 Å². The van der Waals surface area contributed by atoms with Crippen LogP contribution in [0.5, 0.6) is 0 Å². The van der Waals surface area contributed by atoms with Gasteiger partial charge >= 0.3 is 0 Å². The van der Waals surface area contributed by atoms with Gasteiger partial charge in [-0.3, -0.25) is 0 Å². The Morgan fingerprint density at radius 1 is 1.56 bits per heavy atom. The summed E-state index contributed by atoms with van der Waals surface area (Å²) in [7, 11) is 0. The highest BCUT2D eigenvalue weighted by atomic mass is 16.3. The van der Waals surface area contributed by atoms with E-state index < -0.39 is 6.10 Å². The Morgan fingerprint density at radius 3 is 3.17 bits per heavy atom. The van der Waals surface area contributed by atoms with E-state index in [2.05, 4.69) is 30.1 Å². The second-order valence-corrected chi connectivity index (χ2v) is 5.43. The molecule has 2 N–H and O–H groups in total. The monoisotopic (exact) mass is 246 g/mol. The zero-order valence-corrected chi connectivity index (χ0v) is 11.0. The quantitative estimate of drug-likeness (QED) is 0.591. The maximum atomic E-state index is 9.88. The minimum atomic E-state index is -0.424. The van der Waals surface area contributed by atoms with Gasteiger partial charge in [0.1, 0.15) is 0 Å². The Morgan fingerprint density at radius 2 is 2.39 bits per heavy atom. The van der Waals surface area contributed by atoms with Gasteiger partial charge < -0.3 is 10.2 Å². The Labute approximate surface area is 109 Å². The molecule has 2 nitrogen and oxygen atoms in total. The second-order valence-electron chi connectivity index (χ2n) is 5.43. The number of hydrogen-bond donors (Lipinski definition) is 2. The van der Waals surface area contributed by atoms with E-state index in [1.165, 1.54) is 0 Å². The van der Waals surface area contributed by atoms with Crippen LogP contribution in [0.3, 0.4) is 0 Å². The Hall–Kier alpha value is -1.04. The molecule has 3 unspecified atom stereocenters. The van der Waals surface area contributed by atoms with Crippen molar-refractivity contribution in [3.63, 3.8) is 0 Å². The van der Waals surface area contributed by atoms with Crippen LogP contribution in [0.1, 0.15) is 39.0 Å². The molecule has 0 radical (unpaired) electrons. The maximum absolute atomic E-state index is 9.88. The lowest BCUT2D eigenvalue weighted by Crippen LogP contribution is -2.17. The molecule has 1 fully saturated rings. The van der Waals surface area contributed by atoms with Gasteiger partial charge in [-0.05, 0) is 38.5 Å². The fourth-order valence-electron chi connectivity index (χ4n) is 3.17. The first kappa shape index (κ1) is 13.4. The van der Waals surface area contributed by atoms with Crippen LogP contribution in [0.25, 0.3) is 0 Å². The van der Waals surface area contributed by atoms with Crippen molar-refractivity contribution in [1.29, 1.82) is 0 Å². The van der Waals surface area contributed by atoms with Crippen molar-refractivity contribution < 1.29 is 10.2 Å². The van der Waals surface area contributed by atoms with Gasteiger partial charge in [0.05, 0.1) is 12.2 Å². The van der Waals surface area contributed by atoms with E-state index in [9.17, 15) is 10.2 Å². The minimum absolute atomic E-state index is 0.00314. The first-order valence-corrected chi connectivity index (χ1v) is 6.79. The molecule has 0 aromatic heterocycles. The molecule has 2 rings (SSSR count). The normalized spacial score (nSPS) is 35.5. The lowest BCUT2D eigenvalue weighted by Gasteiger charge is -2.24. The first-order chi connectivity index (χ1) is 8.66. The fourth-order valence-corrected chi connectivity index (χ4v) is 3.17. The summed E-state index contributed by atoms with van der Waals surface area (Å²) in [4.78, 5) is 0. The maximum Gasteiger partial charge on any atom is 0.0730 e. The van der Waals surface area contributed by atoms with E-state index in [-0.39, 0.29) is 11.5 Å². The highest BCUT2D eigenvalue weighted by Crippen LogP contribution is 2.51. The van der Waals surface area contributed by atoms with Gasteiger partial charge in [0.15, 0.2) is 0 Å². The van der Waals surface area contributed by atoms with Gasteiger partial charge in [-0.15, -0.1) is 11.8 Å². The van der Waals surface area contributed by atoms with Gasteiger partial charge in [-0.25, -0.2) is 0 Å². The van der Waals surface area contributed by atoms with E-state index in [4.69, 9.17) is 0 Å². The van der Waals surface area contributed by atoms with Crippen LogP contribution in [-0.4, -0.2) is 22.4 Å². The summed E-state index contributed by atoms with van der Waals surface area (Å²) >= 11 is 0. The number of fused-ring (bicyclic) bond motifs is 1.